The van der Waals surface area contributed by atoms with Crippen molar-refractivity contribution in [1.82, 2.24) is 10.6 Å². The SMILES string of the molecule is CO[C@H]1OC(CO[C@]2(C(=O)O)C[C@@H](O)[C@@H](NC(C)=O)C([C@H](O)[C@H](O)CO)O2)[C@H](O)[C@H](O[C@@H]2OC(CO)[C@H](O)C(O)[C@@H]2O)C1NC(C)=O. The summed E-state index contributed by atoms with van der Waals surface area (Å²) in [5.74, 6) is -6.00. The largest absolute Gasteiger partial charge is 0.477 e. The summed E-state index contributed by atoms with van der Waals surface area (Å²) in [4.78, 5) is 36.3. The molecule has 272 valence electrons. The fraction of sp³-hybridized carbons (Fsp3) is 0.885. The number of carboxylic acid groups (broad SMARTS) is 1. The Morgan fingerprint density at radius 1 is 0.872 bits per heavy atom. The molecule has 16 atom stereocenters. The van der Waals surface area contributed by atoms with Crippen LogP contribution < -0.4 is 10.6 Å². The topological polar surface area (TPSA) is 333 Å². The van der Waals surface area contributed by atoms with Gasteiger partial charge in [0.2, 0.25) is 11.8 Å². The summed E-state index contributed by atoms with van der Waals surface area (Å²) in [6.45, 7) is -0.494. The molecule has 0 aromatic carbocycles. The van der Waals surface area contributed by atoms with E-state index in [1.165, 1.54) is 0 Å². The van der Waals surface area contributed by atoms with Gasteiger partial charge in [0.15, 0.2) is 12.6 Å². The zero-order valence-electron chi connectivity index (χ0n) is 25.6. The highest BCUT2D eigenvalue weighted by molar-refractivity contribution is 5.76. The van der Waals surface area contributed by atoms with Gasteiger partial charge in [-0.15, -0.1) is 0 Å². The number of carbonyl (C=O) groups excluding carboxylic acids is 2. The van der Waals surface area contributed by atoms with E-state index in [1.54, 1.807) is 0 Å². The molecule has 0 aliphatic carbocycles. The van der Waals surface area contributed by atoms with Crippen molar-refractivity contribution in [2.75, 3.05) is 26.9 Å². The van der Waals surface area contributed by atoms with Crippen molar-refractivity contribution in [1.29, 1.82) is 0 Å². The number of hydrogen-bond donors (Lipinski definition) is 12. The smallest absolute Gasteiger partial charge is 0.364 e. The van der Waals surface area contributed by atoms with E-state index in [-0.39, 0.29) is 0 Å². The van der Waals surface area contributed by atoms with Crippen molar-refractivity contribution in [3.63, 3.8) is 0 Å². The number of carboxylic acids is 1. The molecule has 5 unspecified atom stereocenters. The fourth-order valence-electron chi connectivity index (χ4n) is 5.63. The standard InChI is InChI=1S/C26H44N2O19/c1-8(31)27-14-10(33)4-26(25(40)41,47-22(14)16(35)11(34)5-29)43-7-13-18(37)21(15(28-9(2)32)23(42-3)45-13)46-24-20(39)19(38)17(36)12(6-30)44-24/h10-24,29-30,33-39H,4-7H2,1-3H3,(H,27,31)(H,28,32)(H,40,41)/t10-,11-,12?,13?,14-,15?,16-,17+,18+,19?,20+,21-,22?,23+,24+,26-/m1/s1. The molecule has 47 heavy (non-hydrogen) atoms. The van der Waals surface area contributed by atoms with Crippen molar-refractivity contribution in [2.45, 2.75) is 118 Å². The maximum absolute atomic E-state index is 12.5. The second kappa shape index (κ2) is 16.5. The maximum atomic E-state index is 12.5. The maximum Gasteiger partial charge on any atom is 0.364 e. The van der Waals surface area contributed by atoms with Crippen molar-refractivity contribution in [3.8, 4) is 0 Å². The van der Waals surface area contributed by atoms with Crippen LogP contribution in [0.15, 0.2) is 0 Å². The number of hydrogen-bond acceptors (Lipinski definition) is 18. The molecule has 0 saturated carbocycles. The Kier molecular flexibility index (Phi) is 13.8. The molecular weight excluding hydrogens is 644 g/mol. The highest BCUT2D eigenvalue weighted by Crippen LogP contribution is 2.35. The monoisotopic (exact) mass is 688 g/mol. The molecule has 12 N–H and O–H groups in total. The van der Waals surface area contributed by atoms with Gasteiger partial charge >= 0.3 is 5.97 Å². The Balaban J connectivity index is 1.91. The predicted octanol–water partition coefficient (Wildman–Crippen LogP) is -7.43. The normalized spacial score (nSPS) is 42.3. The Labute approximate surface area is 267 Å². The van der Waals surface area contributed by atoms with Crippen molar-refractivity contribution in [3.05, 3.63) is 0 Å². The Hall–Kier alpha value is -2.19. The third kappa shape index (κ3) is 8.70. The van der Waals surface area contributed by atoms with E-state index in [0.29, 0.717) is 0 Å². The van der Waals surface area contributed by atoms with Gasteiger partial charge in [0.25, 0.3) is 5.79 Å². The van der Waals surface area contributed by atoms with Gasteiger partial charge in [-0.1, -0.05) is 0 Å². The van der Waals surface area contributed by atoms with E-state index in [1.807, 2.05) is 0 Å². The number of nitrogens with one attached hydrogen (secondary N) is 2. The molecule has 3 rings (SSSR count). The first-order chi connectivity index (χ1) is 22.0. The average molecular weight is 689 g/mol. The van der Waals surface area contributed by atoms with Crippen LogP contribution in [0.1, 0.15) is 20.3 Å². The lowest BCUT2D eigenvalue weighted by Crippen LogP contribution is -2.69. The van der Waals surface area contributed by atoms with Crippen LogP contribution in [0.5, 0.6) is 0 Å². The van der Waals surface area contributed by atoms with E-state index in [2.05, 4.69) is 10.6 Å². The summed E-state index contributed by atoms with van der Waals surface area (Å²) in [7, 11) is 1.15. The summed E-state index contributed by atoms with van der Waals surface area (Å²) in [6.07, 6.45) is -23.6. The highest BCUT2D eigenvalue weighted by atomic mass is 16.8. The zero-order chi connectivity index (χ0) is 35.4. The number of methoxy groups -OCH3 is 1. The lowest BCUT2D eigenvalue weighted by molar-refractivity contribution is -0.353. The zero-order valence-corrected chi connectivity index (χ0v) is 25.6. The van der Waals surface area contributed by atoms with Crippen LogP contribution in [0, 0.1) is 0 Å². The first-order valence-electron chi connectivity index (χ1n) is 14.6. The van der Waals surface area contributed by atoms with Gasteiger partial charge in [0, 0.05) is 27.4 Å². The van der Waals surface area contributed by atoms with Gasteiger partial charge in [-0.05, 0) is 0 Å². The van der Waals surface area contributed by atoms with E-state index < -0.39 is 142 Å². The number of ether oxygens (including phenoxy) is 6. The number of aliphatic carboxylic acids is 1. The molecule has 21 nitrogen and oxygen atoms in total. The van der Waals surface area contributed by atoms with Crippen LogP contribution in [-0.4, -0.2) is 193 Å². The molecule has 0 aromatic heterocycles. The highest BCUT2D eigenvalue weighted by Gasteiger charge is 2.57. The van der Waals surface area contributed by atoms with Crippen molar-refractivity contribution in [2.24, 2.45) is 0 Å². The van der Waals surface area contributed by atoms with Gasteiger partial charge in [-0.2, -0.15) is 0 Å². The third-order valence-corrected chi connectivity index (χ3v) is 8.08. The molecule has 3 aliphatic heterocycles. The van der Waals surface area contributed by atoms with E-state index in [0.717, 1.165) is 21.0 Å². The lowest BCUT2D eigenvalue weighted by atomic mass is 9.88. The summed E-state index contributed by atoms with van der Waals surface area (Å²) in [5, 5.41) is 107. The van der Waals surface area contributed by atoms with Gasteiger partial charge < -0.3 is 90.1 Å². The average Bonchev–Trinajstić information content (AvgIpc) is 3.02. The van der Waals surface area contributed by atoms with E-state index in [9.17, 15) is 65.4 Å². The van der Waals surface area contributed by atoms with Gasteiger partial charge in [-0.25, -0.2) is 4.79 Å². The summed E-state index contributed by atoms with van der Waals surface area (Å²) >= 11 is 0. The number of rotatable bonds is 13. The molecule has 21 heteroatoms. The Morgan fingerprint density at radius 2 is 1.47 bits per heavy atom. The molecule has 3 fully saturated rings. The Bertz CT molecular complexity index is 1070. The van der Waals surface area contributed by atoms with Gasteiger partial charge in [0.1, 0.15) is 67.1 Å². The molecular formula is C26H44N2O19. The quantitative estimate of drug-likeness (QED) is 0.0854. The molecule has 0 radical (unpaired) electrons. The predicted molar refractivity (Wildman–Crippen MR) is 146 cm³/mol. The molecule has 3 saturated heterocycles. The number of aliphatic hydroxyl groups excluding tert-OH is 9. The van der Waals surface area contributed by atoms with E-state index >= 15 is 0 Å². The van der Waals surface area contributed by atoms with Gasteiger partial charge in [-0.3, -0.25) is 9.59 Å². The Morgan fingerprint density at radius 3 is 2.00 bits per heavy atom. The second-order valence-corrected chi connectivity index (χ2v) is 11.5. The van der Waals surface area contributed by atoms with Crippen molar-refractivity contribution < 1.29 is 93.9 Å². The first-order valence-corrected chi connectivity index (χ1v) is 14.6. The molecule has 0 aromatic rings. The number of aliphatic hydroxyl groups is 9. The molecule has 0 spiro atoms. The van der Waals surface area contributed by atoms with Crippen LogP contribution in [0.2, 0.25) is 0 Å². The van der Waals surface area contributed by atoms with Crippen LogP contribution in [0.25, 0.3) is 0 Å². The third-order valence-electron chi connectivity index (χ3n) is 8.08. The molecule has 3 aliphatic rings. The summed E-state index contributed by atoms with van der Waals surface area (Å²) in [5.41, 5.74) is 0. The van der Waals surface area contributed by atoms with Crippen LogP contribution in [-0.2, 0) is 42.8 Å². The molecule has 2 amide bonds. The minimum atomic E-state index is -2.80. The van der Waals surface area contributed by atoms with E-state index in [4.69, 9.17) is 28.4 Å². The first kappa shape index (κ1) is 39.3. The van der Waals surface area contributed by atoms with Crippen molar-refractivity contribution >= 4 is 17.8 Å². The molecule has 3 heterocycles. The van der Waals surface area contributed by atoms with Crippen LogP contribution in [0.3, 0.4) is 0 Å². The summed E-state index contributed by atoms with van der Waals surface area (Å²) in [6, 6.07) is -2.81. The number of carbonyl (C=O) groups is 3. The van der Waals surface area contributed by atoms with Crippen LogP contribution >= 0.6 is 0 Å². The minimum absolute atomic E-state index is 0.650. The number of amides is 2. The van der Waals surface area contributed by atoms with Crippen LogP contribution in [0.4, 0.5) is 0 Å². The fourth-order valence-corrected chi connectivity index (χ4v) is 5.63. The molecule has 0 bridgehead atoms. The summed E-state index contributed by atoms with van der Waals surface area (Å²) < 4.78 is 33.3. The van der Waals surface area contributed by atoms with Gasteiger partial charge in [0.05, 0.1) is 32.0 Å². The second-order valence-electron chi connectivity index (χ2n) is 11.5. The minimum Gasteiger partial charge on any atom is -0.477 e. The lowest BCUT2D eigenvalue weighted by Gasteiger charge is -2.49.